The van der Waals surface area contributed by atoms with Crippen LogP contribution in [0.25, 0.3) is 10.9 Å². The number of aryl methyl sites for hydroxylation is 1. The zero-order chi connectivity index (χ0) is 17.3. The van der Waals surface area contributed by atoms with E-state index in [0.29, 0.717) is 13.0 Å². The quantitative estimate of drug-likeness (QED) is 0.639. The molecule has 2 aromatic heterocycles. The molecule has 0 aliphatic carbocycles. The van der Waals surface area contributed by atoms with Gasteiger partial charge in [0.25, 0.3) is 5.91 Å². The van der Waals surface area contributed by atoms with Gasteiger partial charge in [0.15, 0.2) is 0 Å². The van der Waals surface area contributed by atoms with Crippen LogP contribution in [0.5, 0.6) is 5.75 Å². The smallest absolute Gasteiger partial charge is 0.268 e. The van der Waals surface area contributed by atoms with Gasteiger partial charge in [-0.3, -0.25) is 4.79 Å². The Morgan fingerprint density at radius 3 is 2.83 bits per heavy atom. The number of carbonyl (C=O) groups is 1. The van der Waals surface area contributed by atoms with Crippen LogP contribution in [0.4, 0.5) is 0 Å². The zero-order valence-electron chi connectivity index (χ0n) is 13.3. The molecule has 24 heavy (non-hydrogen) atoms. The van der Waals surface area contributed by atoms with Gasteiger partial charge in [-0.25, -0.2) is 4.98 Å². The lowest BCUT2D eigenvalue weighted by molar-refractivity contribution is 0.0994. The van der Waals surface area contributed by atoms with Crippen molar-refractivity contribution in [3.63, 3.8) is 0 Å². The Labute approximate surface area is 139 Å². The number of hydrogen-bond acceptors (Lipinski definition) is 4. The fraction of sp³-hybridized carbons (Fsp3) is 0.294. The van der Waals surface area contributed by atoms with Crippen molar-refractivity contribution < 1.29 is 15.0 Å². The first-order chi connectivity index (χ1) is 11.5. The van der Waals surface area contributed by atoms with Crippen LogP contribution in [0.3, 0.4) is 0 Å². The number of primary amides is 1. The maximum absolute atomic E-state index is 11.2. The number of benzene rings is 1. The molecule has 0 aliphatic heterocycles. The minimum Gasteiger partial charge on any atom is -0.508 e. The number of aromatic nitrogens is 3. The van der Waals surface area contributed by atoms with Crippen molar-refractivity contribution in [1.29, 1.82) is 0 Å². The minimum absolute atomic E-state index is 0.178. The molecule has 0 fully saturated rings. The van der Waals surface area contributed by atoms with Gasteiger partial charge in [-0.15, -0.1) is 0 Å². The summed E-state index contributed by atoms with van der Waals surface area (Å²) in [4.78, 5) is 15.1. The first-order valence-corrected chi connectivity index (χ1v) is 7.75. The van der Waals surface area contributed by atoms with Crippen LogP contribution in [-0.2, 0) is 6.54 Å². The molecule has 3 aromatic rings. The van der Waals surface area contributed by atoms with Crippen LogP contribution in [-0.4, -0.2) is 36.3 Å². The second-order valence-electron chi connectivity index (χ2n) is 5.92. The topological polar surface area (TPSA) is 106 Å². The molecule has 2 heterocycles. The maximum atomic E-state index is 11.2. The number of hydrogen-bond donors (Lipinski definition) is 3. The summed E-state index contributed by atoms with van der Waals surface area (Å²) in [7, 11) is 0. The van der Waals surface area contributed by atoms with Gasteiger partial charge in [-0.1, -0.05) is 0 Å². The molecule has 126 valence electrons. The van der Waals surface area contributed by atoms with Gasteiger partial charge in [0.2, 0.25) is 0 Å². The maximum Gasteiger partial charge on any atom is 0.268 e. The Morgan fingerprint density at radius 1 is 1.38 bits per heavy atom. The number of nitrogens with zero attached hydrogens (tertiary/aromatic N) is 3. The molecule has 0 spiro atoms. The van der Waals surface area contributed by atoms with E-state index in [2.05, 4.69) is 4.98 Å². The number of fused-ring (bicyclic) bond motifs is 1. The molecular weight excluding hydrogens is 308 g/mol. The fourth-order valence-corrected chi connectivity index (χ4v) is 2.92. The SMILES string of the molecule is CC(O)C(CCn1ccc2ccc(O)cc21)n1cnc(C(N)=O)c1. The lowest BCUT2D eigenvalue weighted by atomic mass is 10.1. The highest BCUT2D eigenvalue weighted by atomic mass is 16.3. The molecule has 3 rings (SSSR count). The van der Waals surface area contributed by atoms with Gasteiger partial charge in [-0.2, -0.15) is 0 Å². The first kappa shape index (κ1) is 16.1. The third-order valence-electron chi connectivity index (χ3n) is 4.22. The molecule has 0 bridgehead atoms. The second-order valence-corrected chi connectivity index (χ2v) is 5.92. The molecule has 1 aromatic carbocycles. The number of carbonyl (C=O) groups excluding carboxylic acids is 1. The Bertz CT molecular complexity index is 866. The lowest BCUT2D eigenvalue weighted by Gasteiger charge is -2.22. The van der Waals surface area contributed by atoms with Crippen molar-refractivity contribution >= 4 is 16.8 Å². The highest BCUT2D eigenvalue weighted by molar-refractivity contribution is 5.90. The van der Waals surface area contributed by atoms with E-state index in [1.165, 1.54) is 6.33 Å². The van der Waals surface area contributed by atoms with E-state index < -0.39 is 12.0 Å². The van der Waals surface area contributed by atoms with E-state index in [4.69, 9.17) is 5.73 Å². The number of phenolic OH excluding ortho intramolecular Hbond substituents is 1. The van der Waals surface area contributed by atoms with E-state index in [1.54, 1.807) is 29.8 Å². The number of amides is 1. The van der Waals surface area contributed by atoms with Crippen molar-refractivity contribution in [2.75, 3.05) is 0 Å². The molecule has 7 nitrogen and oxygen atoms in total. The van der Waals surface area contributed by atoms with Crippen LogP contribution < -0.4 is 5.73 Å². The number of nitrogens with two attached hydrogens (primary N) is 1. The molecule has 7 heteroatoms. The Kier molecular flexibility index (Phi) is 4.26. The van der Waals surface area contributed by atoms with Crippen molar-refractivity contribution in [3.8, 4) is 5.75 Å². The van der Waals surface area contributed by atoms with Gasteiger partial charge in [-0.05, 0) is 36.9 Å². The fourth-order valence-electron chi connectivity index (χ4n) is 2.92. The van der Waals surface area contributed by atoms with Crippen LogP contribution in [0, 0.1) is 0 Å². The average molecular weight is 328 g/mol. The van der Waals surface area contributed by atoms with E-state index in [-0.39, 0.29) is 17.5 Å². The van der Waals surface area contributed by atoms with E-state index >= 15 is 0 Å². The minimum atomic E-state index is -0.616. The zero-order valence-corrected chi connectivity index (χ0v) is 13.3. The number of aromatic hydroxyl groups is 1. The van der Waals surface area contributed by atoms with Gasteiger partial charge in [0, 0.05) is 25.0 Å². The number of aliphatic hydroxyl groups is 1. The summed E-state index contributed by atoms with van der Waals surface area (Å²) in [6.07, 6.45) is 5.03. The van der Waals surface area contributed by atoms with Crippen LogP contribution >= 0.6 is 0 Å². The number of rotatable bonds is 6. The highest BCUT2D eigenvalue weighted by Gasteiger charge is 2.19. The largest absolute Gasteiger partial charge is 0.508 e. The van der Waals surface area contributed by atoms with Gasteiger partial charge < -0.3 is 25.1 Å². The summed E-state index contributed by atoms with van der Waals surface area (Å²) in [5, 5.41) is 20.8. The van der Waals surface area contributed by atoms with E-state index in [9.17, 15) is 15.0 Å². The third kappa shape index (κ3) is 3.11. The predicted octanol–water partition coefficient (Wildman–Crippen LogP) is 1.65. The summed E-state index contributed by atoms with van der Waals surface area (Å²) < 4.78 is 3.74. The molecule has 1 amide bonds. The van der Waals surface area contributed by atoms with E-state index in [0.717, 1.165) is 10.9 Å². The number of aliphatic hydroxyl groups excluding tert-OH is 1. The summed E-state index contributed by atoms with van der Waals surface area (Å²) in [6.45, 7) is 2.35. The molecular formula is C17H20N4O3. The normalized spacial score (nSPS) is 13.9. The van der Waals surface area contributed by atoms with Gasteiger partial charge in [0.1, 0.15) is 11.4 Å². The van der Waals surface area contributed by atoms with Crippen molar-refractivity contribution in [2.24, 2.45) is 5.73 Å². The van der Waals surface area contributed by atoms with Crippen molar-refractivity contribution in [2.45, 2.75) is 32.0 Å². The summed E-state index contributed by atoms with van der Waals surface area (Å²) >= 11 is 0. The average Bonchev–Trinajstić information content (AvgIpc) is 3.15. The molecule has 2 atom stereocenters. The molecule has 0 saturated heterocycles. The summed E-state index contributed by atoms with van der Waals surface area (Å²) in [5.41, 5.74) is 6.34. The van der Waals surface area contributed by atoms with Crippen LogP contribution in [0.15, 0.2) is 43.0 Å². The molecule has 0 aliphatic rings. The molecule has 0 radical (unpaired) electrons. The molecule has 2 unspecified atom stereocenters. The Morgan fingerprint density at radius 2 is 2.17 bits per heavy atom. The summed E-state index contributed by atoms with van der Waals surface area (Å²) in [5.74, 6) is -0.375. The van der Waals surface area contributed by atoms with Gasteiger partial charge in [0.05, 0.1) is 24.0 Å². The highest BCUT2D eigenvalue weighted by Crippen LogP contribution is 2.24. The lowest BCUT2D eigenvalue weighted by Crippen LogP contribution is -2.22. The molecule has 0 saturated carbocycles. The van der Waals surface area contributed by atoms with Gasteiger partial charge >= 0.3 is 0 Å². The molecule has 4 N–H and O–H groups in total. The van der Waals surface area contributed by atoms with Crippen molar-refractivity contribution in [1.82, 2.24) is 14.1 Å². The van der Waals surface area contributed by atoms with Crippen LogP contribution in [0.2, 0.25) is 0 Å². The van der Waals surface area contributed by atoms with E-state index in [1.807, 2.05) is 22.9 Å². The Hall–Kier alpha value is -2.80. The third-order valence-corrected chi connectivity index (χ3v) is 4.22. The second kappa shape index (κ2) is 6.37. The monoisotopic (exact) mass is 328 g/mol. The summed E-state index contributed by atoms with van der Waals surface area (Å²) in [6, 6.07) is 6.98. The first-order valence-electron chi connectivity index (χ1n) is 7.75. The van der Waals surface area contributed by atoms with Crippen molar-refractivity contribution in [3.05, 3.63) is 48.7 Å². The number of phenols is 1. The predicted molar refractivity (Wildman–Crippen MR) is 89.7 cm³/mol. The Balaban J connectivity index is 1.80. The standard InChI is InChI=1S/C17H20N4O3/c1-11(22)15(21-9-14(17(18)24)19-10-21)5-7-20-6-4-12-2-3-13(23)8-16(12)20/h2-4,6,8-11,15,22-23H,5,7H2,1H3,(H2,18,24). The number of imidazole rings is 1. The van der Waals surface area contributed by atoms with Crippen LogP contribution in [0.1, 0.15) is 29.9 Å².